The maximum absolute atomic E-state index is 12.8. The Hall–Kier alpha value is -3.62. The van der Waals surface area contributed by atoms with Crippen molar-refractivity contribution in [2.45, 2.75) is 6.18 Å². The molecule has 1 heterocycles. The average molecular weight is 374 g/mol. The van der Waals surface area contributed by atoms with Crippen LogP contribution in [-0.2, 0) is 6.18 Å². The first kappa shape index (κ1) is 18.2. The molecular formula is C18H13F3N4O2. The third-order valence-corrected chi connectivity index (χ3v) is 3.47. The van der Waals surface area contributed by atoms with Crippen LogP contribution in [0.1, 0.15) is 15.9 Å². The number of hydrogen-bond donors (Lipinski definition) is 2. The summed E-state index contributed by atoms with van der Waals surface area (Å²) in [4.78, 5) is 20.0. The lowest BCUT2D eigenvalue weighted by atomic mass is 10.2. The number of benzene rings is 2. The third-order valence-electron chi connectivity index (χ3n) is 3.47. The van der Waals surface area contributed by atoms with Crippen molar-refractivity contribution in [1.29, 1.82) is 0 Å². The van der Waals surface area contributed by atoms with Gasteiger partial charge in [-0.3, -0.25) is 4.79 Å². The van der Waals surface area contributed by atoms with Crippen LogP contribution in [0, 0.1) is 0 Å². The Labute approximate surface area is 151 Å². The number of nitrogen functional groups attached to an aromatic ring is 1. The molecule has 0 spiro atoms. The number of nitrogens with two attached hydrogens (primary N) is 1. The Morgan fingerprint density at radius 3 is 2.56 bits per heavy atom. The van der Waals surface area contributed by atoms with Gasteiger partial charge in [0, 0.05) is 11.3 Å². The van der Waals surface area contributed by atoms with E-state index in [1.54, 1.807) is 12.1 Å². The van der Waals surface area contributed by atoms with Gasteiger partial charge in [-0.2, -0.15) is 18.2 Å². The van der Waals surface area contributed by atoms with Crippen molar-refractivity contribution < 1.29 is 22.7 Å². The highest BCUT2D eigenvalue weighted by atomic mass is 19.4. The number of amides is 1. The van der Waals surface area contributed by atoms with E-state index in [0.717, 1.165) is 18.5 Å². The molecule has 27 heavy (non-hydrogen) atoms. The van der Waals surface area contributed by atoms with E-state index in [0.29, 0.717) is 11.3 Å². The van der Waals surface area contributed by atoms with Gasteiger partial charge in [-0.15, -0.1) is 0 Å². The van der Waals surface area contributed by atoms with Gasteiger partial charge < -0.3 is 15.8 Å². The van der Waals surface area contributed by atoms with E-state index in [-0.39, 0.29) is 17.3 Å². The molecule has 0 aliphatic heterocycles. The van der Waals surface area contributed by atoms with Crippen LogP contribution in [0.2, 0.25) is 0 Å². The number of anilines is 2. The topological polar surface area (TPSA) is 90.1 Å². The Morgan fingerprint density at radius 1 is 1.11 bits per heavy atom. The van der Waals surface area contributed by atoms with Crippen LogP contribution >= 0.6 is 0 Å². The van der Waals surface area contributed by atoms with E-state index in [9.17, 15) is 18.0 Å². The lowest BCUT2D eigenvalue weighted by Crippen LogP contribution is -2.13. The molecule has 0 atom stereocenters. The molecule has 9 heteroatoms. The SMILES string of the molecule is Nc1ccc(C(=O)Nc2cncnc2Oc2cccc(C(F)(F)F)c2)cc1. The van der Waals surface area contributed by atoms with Crippen molar-refractivity contribution in [3.05, 3.63) is 72.2 Å². The quantitative estimate of drug-likeness (QED) is 0.671. The molecule has 3 aromatic rings. The molecule has 0 saturated carbocycles. The molecule has 6 nitrogen and oxygen atoms in total. The molecule has 0 aliphatic carbocycles. The Morgan fingerprint density at radius 2 is 1.85 bits per heavy atom. The number of carbonyl (C=O) groups is 1. The summed E-state index contributed by atoms with van der Waals surface area (Å²) in [5.41, 5.74) is 5.66. The summed E-state index contributed by atoms with van der Waals surface area (Å²) in [5.74, 6) is -0.640. The van der Waals surface area contributed by atoms with E-state index >= 15 is 0 Å². The third kappa shape index (κ3) is 4.51. The molecule has 2 aromatic carbocycles. The Kier molecular flexibility index (Phi) is 4.93. The van der Waals surface area contributed by atoms with Gasteiger partial charge in [0.2, 0.25) is 5.88 Å². The van der Waals surface area contributed by atoms with Crippen LogP contribution in [0.25, 0.3) is 0 Å². The summed E-state index contributed by atoms with van der Waals surface area (Å²) in [6.07, 6.45) is -2.07. The van der Waals surface area contributed by atoms with Gasteiger partial charge in [0.1, 0.15) is 17.8 Å². The zero-order valence-electron chi connectivity index (χ0n) is 13.7. The molecule has 138 valence electrons. The molecule has 0 bridgehead atoms. The molecule has 1 aromatic heterocycles. The monoisotopic (exact) mass is 374 g/mol. The van der Waals surface area contributed by atoms with E-state index in [1.807, 2.05) is 0 Å². The lowest BCUT2D eigenvalue weighted by Gasteiger charge is -2.12. The lowest BCUT2D eigenvalue weighted by molar-refractivity contribution is -0.137. The van der Waals surface area contributed by atoms with Crippen LogP contribution in [0.4, 0.5) is 24.5 Å². The molecule has 3 rings (SSSR count). The number of aromatic nitrogens is 2. The van der Waals surface area contributed by atoms with Crippen molar-refractivity contribution in [2.24, 2.45) is 0 Å². The minimum absolute atomic E-state index is 0.0773. The highest BCUT2D eigenvalue weighted by Gasteiger charge is 2.30. The Bertz CT molecular complexity index is 959. The van der Waals surface area contributed by atoms with Gasteiger partial charge in [-0.25, -0.2) is 4.98 Å². The van der Waals surface area contributed by atoms with Crippen molar-refractivity contribution in [1.82, 2.24) is 9.97 Å². The largest absolute Gasteiger partial charge is 0.437 e. The van der Waals surface area contributed by atoms with Crippen LogP contribution < -0.4 is 15.8 Å². The van der Waals surface area contributed by atoms with E-state index in [2.05, 4.69) is 15.3 Å². The van der Waals surface area contributed by atoms with Crippen molar-refractivity contribution >= 4 is 17.3 Å². The van der Waals surface area contributed by atoms with E-state index < -0.39 is 17.6 Å². The zero-order chi connectivity index (χ0) is 19.4. The summed E-state index contributed by atoms with van der Waals surface area (Å²) in [5, 5.41) is 2.56. The average Bonchev–Trinajstić information content (AvgIpc) is 2.63. The number of nitrogens with zero attached hydrogens (tertiary/aromatic N) is 2. The second kappa shape index (κ2) is 7.32. The number of nitrogens with one attached hydrogen (secondary N) is 1. The van der Waals surface area contributed by atoms with Crippen LogP contribution in [0.3, 0.4) is 0 Å². The number of hydrogen-bond acceptors (Lipinski definition) is 5. The number of ether oxygens (including phenoxy) is 1. The van der Waals surface area contributed by atoms with Gasteiger partial charge >= 0.3 is 6.18 Å². The summed E-state index contributed by atoms with van der Waals surface area (Å²) < 4.78 is 43.9. The number of carbonyl (C=O) groups excluding carboxylic acids is 1. The highest BCUT2D eigenvalue weighted by molar-refractivity contribution is 6.04. The van der Waals surface area contributed by atoms with Gasteiger partial charge in [0.25, 0.3) is 5.91 Å². The van der Waals surface area contributed by atoms with Gasteiger partial charge in [0.15, 0.2) is 0 Å². The smallest absolute Gasteiger partial charge is 0.416 e. The minimum atomic E-state index is -4.50. The van der Waals surface area contributed by atoms with Gasteiger partial charge in [-0.05, 0) is 42.5 Å². The van der Waals surface area contributed by atoms with E-state index in [4.69, 9.17) is 10.5 Å². The fourth-order valence-electron chi connectivity index (χ4n) is 2.16. The molecule has 0 fully saturated rings. The summed E-state index contributed by atoms with van der Waals surface area (Å²) in [6.45, 7) is 0. The first-order valence-electron chi connectivity index (χ1n) is 7.65. The molecule has 1 amide bonds. The second-order valence-corrected chi connectivity index (χ2v) is 5.45. The fraction of sp³-hybridized carbons (Fsp3) is 0.0556. The fourth-order valence-corrected chi connectivity index (χ4v) is 2.16. The van der Waals surface area contributed by atoms with Gasteiger partial charge in [-0.1, -0.05) is 6.07 Å². The predicted molar refractivity (Wildman–Crippen MR) is 92.4 cm³/mol. The van der Waals surface area contributed by atoms with Crippen molar-refractivity contribution in [3.63, 3.8) is 0 Å². The molecule has 0 radical (unpaired) electrons. The predicted octanol–water partition coefficient (Wildman–Crippen LogP) is 4.12. The zero-order valence-corrected chi connectivity index (χ0v) is 13.7. The van der Waals surface area contributed by atoms with Crippen LogP contribution in [-0.4, -0.2) is 15.9 Å². The van der Waals surface area contributed by atoms with Crippen LogP contribution in [0.15, 0.2) is 61.1 Å². The standard InChI is InChI=1S/C18H13F3N4O2/c19-18(20,21)12-2-1-3-14(8-12)27-17-15(9-23-10-24-17)25-16(26)11-4-6-13(22)7-5-11/h1-10H,22H2,(H,25,26). The molecule has 0 aliphatic rings. The molecule has 0 unspecified atom stereocenters. The molecule has 3 N–H and O–H groups in total. The normalized spacial score (nSPS) is 11.1. The second-order valence-electron chi connectivity index (χ2n) is 5.45. The molecular weight excluding hydrogens is 361 g/mol. The highest BCUT2D eigenvalue weighted by Crippen LogP contribution is 2.33. The summed E-state index contributed by atoms with van der Waals surface area (Å²) in [6, 6.07) is 10.5. The molecule has 0 saturated heterocycles. The Balaban J connectivity index is 1.82. The summed E-state index contributed by atoms with van der Waals surface area (Å²) >= 11 is 0. The first-order chi connectivity index (χ1) is 12.8. The van der Waals surface area contributed by atoms with Crippen molar-refractivity contribution in [3.8, 4) is 11.6 Å². The van der Waals surface area contributed by atoms with Gasteiger partial charge in [0.05, 0.1) is 11.8 Å². The van der Waals surface area contributed by atoms with E-state index in [1.165, 1.54) is 30.5 Å². The maximum Gasteiger partial charge on any atom is 0.416 e. The maximum atomic E-state index is 12.8. The first-order valence-corrected chi connectivity index (χ1v) is 7.65. The number of alkyl halides is 3. The van der Waals surface area contributed by atoms with Crippen LogP contribution in [0.5, 0.6) is 11.6 Å². The minimum Gasteiger partial charge on any atom is -0.437 e. The number of rotatable bonds is 4. The summed E-state index contributed by atoms with van der Waals surface area (Å²) in [7, 11) is 0. The number of halogens is 3. The van der Waals surface area contributed by atoms with Crippen molar-refractivity contribution in [2.75, 3.05) is 11.1 Å².